The molecule has 0 unspecified atom stereocenters. The van der Waals surface area contributed by atoms with Crippen molar-refractivity contribution in [1.29, 1.82) is 0 Å². The lowest BCUT2D eigenvalue weighted by Gasteiger charge is -2.40. The van der Waals surface area contributed by atoms with Crippen LogP contribution in [-0.4, -0.2) is 35.3 Å². The number of carbonyl (C=O) groups is 1. The van der Waals surface area contributed by atoms with Crippen molar-refractivity contribution in [1.82, 2.24) is 4.98 Å². The number of rotatable bonds is 4. The number of aryl methyl sites for hydroxylation is 1. The molecule has 3 rings (SSSR count). The SMILES string of the molecule is Cc1cnc(N2CC(Oc3ccc(F)cc3F)C2)c(C(=O)O)c1. The van der Waals surface area contributed by atoms with E-state index >= 15 is 0 Å². The van der Waals surface area contributed by atoms with Gasteiger partial charge in [0.1, 0.15) is 23.3 Å². The predicted molar refractivity (Wildman–Crippen MR) is 78.9 cm³/mol. The van der Waals surface area contributed by atoms with E-state index in [1.807, 2.05) is 0 Å². The zero-order valence-electron chi connectivity index (χ0n) is 12.3. The monoisotopic (exact) mass is 320 g/mol. The number of aromatic carboxylic acids is 1. The van der Waals surface area contributed by atoms with Gasteiger partial charge in [-0.15, -0.1) is 0 Å². The average molecular weight is 320 g/mol. The zero-order chi connectivity index (χ0) is 16.6. The summed E-state index contributed by atoms with van der Waals surface area (Å²) >= 11 is 0. The normalized spacial score (nSPS) is 14.5. The Bertz CT molecular complexity index is 761. The van der Waals surface area contributed by atoms with Crippen molar-refractivity contribution in [2.24, 2.45) is 0 Å². The third-order valence-corrected chi connectivity index (χ3v) is 3.57. The van der Waals surface area contributed by atoms with E-state index in [9.17, 15) is 18.7 Å². The van der Waals surface area contributed by atoms with E-state index in [1.54, 1.807) is 24.1 Å². The first kappa shape index (κ1) is 15.2. The molecule has 1 fully saturated rings. The van der Waals surface area contributed by atoms with Gasteiger partial charge >= 0.3 is 5.97 Å². The molecule has 1 aromatic heterocycles. The number of benzene rings is 1. The van der Waals surface area contributed by atoms with E-state index in [-0.39, 0.29) is 17.4 Å². The highest BCUT2D eigenvalue weighted by molar-refractivity contribution is 5.93. The first-order valence-electron chi connectivity index (χ1n) is 7.00. The number of pyridine rings is 1. The summed E-state index contributed by atoms with van der Waals surface area (Å²) < 4.78 is 31.8. The van der Waals surface area contributed by atoms with Crippen LogP contribution >= 0.6 is 0 Å². The topological polar surface area (TPSA) is 62.7 Å². The molecule has 0 aliphatic carbocycles. The van der Waals surface area contributed by atoms with E-state index in [4.69, 9.17) is 4.74 Å². The van der Waals surface area contributed by atoms with Gasteiger partial charge in [0.15, 0.2) is 11.6 Å². The summed E-state index contributed by atoms with van der Waals surface area (Å²) in [4.78, 5) is 17.2. The van der Waals surface area contributed by atoms with Crippen LogP contribution < -0.4 is 9.64 Å². The molecule has 1 aliphatic heterocycles. The van der Waals surface area contributed by atoms with Gasteiger partial charge < -0.3 is 14.7 Å². The summed E-state index contributed by atoms with van der Waals surface area (Å²) in [6.07, 6.45) is 1.29. The molecule has 7 heteroatoms. The quantitative estimate of drug-likeness (QED) is 0.938. The second-order valence-corrected chi connectivity index (χ2v) is 5.41. The van der Waals surface area contributed by atoms with Crippen molar-refractivity contribution < 1.29 is 23.4 Å². The van der Waals surface area contributed by atoms with Crippen molar-refractivity contribution in [2.75, 3.05) is 18.0 Å². The summed E-state index contributed by atoms with van der Waals surface area (Å²) in [5.41, 5.74) is 0.879. The molecule has 2 aromatic rings. The van der Waals surface area contributed by atoms with Gasteiger partial charge in [-0.1, -0.05) is 0 Å². The minimum atomic E-state index is -1.05. The number of carboxylic acid groups (broad SMARTS) is 1. The molecule has 5 nitrogen and oxygen atoms in total. The second kappa shape index (κ2) is 5.83. The predicted octanol–water partition coefficient (Wildman–Crippen LogP) is 2.63. The van der Waals surface area contributed by atoms with Gasteiger partial charge in [-0.05, 0) is 30.7 Å². The fourth-order valence-electron chi connectivity index (χ4n) is 2.41. The van der Waals surface area contributed by atoms with Gasteiger partial charge in [-0.25, -0.2) is 18.6 Å². The molecule has 2 heterocycles. The van der Waals surface area contributed by atoms with Gasteiger partial charge in [0, 0.05) is 12.3 Å². The van der Waals surface area contributed by atoms with Crippen LogP contribution in [0.2, 0.25) is 0 Å². The van der Waals surface area contributed by atoms with Gasteiger partial charge in [-0.3, -0.25) is 0 Å². The third kappa shape index (κ3) is 3.08. The molecule has 23 heavy (non-hydrogen) atoms. The molecule has 1 saturated heterocycles. The van der Waals surface area contributed by atoms with Gasteiger partial charge in [0.2, 0.25) is 0 Å². The minimum absolute atomic E-state index is 0.0219. The maximum Gasteiger partial charge on any atom is 0.339 e. The van der Waals surface area contributed by atoms with Crippen LogP contribution in [0.15, 0.2) is 30.5 Å². The van der Waals surface area contributed by atoms with Crippen molar-refractivity contribution in [3.8, 4) is 5.75 Å². The Labute approximate surface area is 131 Å². The number of halogens is 2. The van der Waals surface area contributed by atoms with E-state index in [0.717, 1.165) is 17.7 Å². The van der Waals surface area contributed by atoms with Crippen LogP contribution in [0.1, 0.15) is 15.9 Å². The lowest BCUT2D eigenvalue weighted by Crippen LogP contribution is -2.54. The third-order valence-electron chi connectivity index (χ3n) is 3.57. The first-order valence-corrected chi connectivity index (χ1v) is 7.00. The Morgan fingerprint density at radius 3 is 2.74 bits per heavy atom. The first-order chi connectivity index (χ1) is 10.9. The number of aromatic nitrogens is 1. The van der Waals surface area contributed by atoms with Crippen LogP contribution in [0.3, 0.4) is 0 Å². The molecule has 120 valence electrons. The highest BCUT2D eigenvalue weighted by Crippen LogP contribution is 2.27. The molecule has 1 aliphatic rings. The minimum Gasteiger partial charge on any atom is -0.484 e. The van der Waals surface area contributed by atoms with Crippen LogP contribution in [0.4, 0.5) is 14.6 Å². The summed E-state index contributed by atoms with van der Waals surface area (Å²) in [5, 5.41) is 9.24. The van der Waals surface area contributed by atoms with E-state index in [1.165, 1.54) is 6.07 Å². The van der Waals surface area contributed by atoms with Crippen molar-refractivity contribution >= 4 is 11.8 Å². The smallest absolute Gasteiger partial charge is 0.339 e. The summed E-state index contributed by atoms with van der Waals surface area (Å²) in [5.74, 6) is -2.14. The van der Waals surface area contributed by atoms with Gasteiger partial charge in [0.05, 0.1) is 13.1 Å². The van der Waals surface area contributed by atoms with Gasteiger partial charge in [-0.2, -0.15) is 0 Å². The number of hydrogen-bond donors (Lipinski definition) is 1. The highest BCUT2D eigenvalue weighted by Gasteiger charge is 2.32. The maximum atomic E-state index is 13.5. The average Bonchev–Trinajstić information content (AvgIpc) is 2.45. The lowest BCUT2D eigenvalue weighted by molar-refractivity contribution is 0.0695. The number of hydrogen-bond acceptors (Lipinski definition) is 4. The number of nitrogens with zero attached hydrogens (tertiary/aromatic N) is 2. The second-order valence-electron chi connectivity index (χ2n) is 5.41. The fourth-order valence-corrected chi connectivity index (χ4v) is 2.41. The molecule has 0 atom stereocenters. The molecule has 1 N–H and O–H groups in total. The Balaban J connectivity index is 1.69. The van der Waals surface area contributed by atoms with Gasteiger partial charge in [0.25, 0.3) is 0 Å². The molecule has 1 aromatic carbocycles. The number of carboxylic acids is 1. The number of ether oxygens (including phenoxy) is 1. The van der Waals surface area contributed by atoms with E-state index in [0.29, 0.717) is 18.9 Å². The van der Waals surface area contributed by atoms with Crippen LogP contribution in [0.5, 0.6) is 5.75 Å². The maximum absolute atomic E-state index is 13.5. The van der Waals surface area contributed by atoms with Crippen molar-refractivity contribution in [3.63, 3.8) is 0 Å². The van der Waals surface area contributed by atoms with E-state index in [2.05, 4.69) is 4.98 Å². The Hall–Kier alpha value is -2.70. The van der Waals surface area contributed by atoms with Crippen molar-refractivity contribution in [3.05, 3.63) is 53.2 Å². The zero-order valence-corrected chi connectivity index (χ0v) is 12.3. The molecule has 0 radical (unpaired) electrons. The molecule has 0 saturated carbocycles. The molecule has 0 bridgehead atoms. The van der Waals surface area contributed by atoms with Crippen LogP contribution in [0.25, 0.3) is 0 Å². The summed E-state index contributed by atoms with van der Waals surface area (Å²) in [6, 6.07) is 4.67. The Morgan fingerprint density at radius 2 is 2.09 bits per heavy atom. The summed E-state index contributed by atoms with van der Waals surface area (Å²) in [7, 11) is 0. The molecular formula is C16H14F2N2O3. The summed E-state index contributed by atoms with van der Waals surface area (Å²) in [6.45, 7) is 2.53. The largest absolute Gasteiger partial charge is 0.484 e. The molecular weight excluding hydrogens is 306 g/mol. The van der Waals surface area contributed by atoms with Crippen LogP contribution in [0, 0.1) is 18.6 Å². The van der Waals surface area contributed by atoms with Crippen LogP contribution in [-0.2, 0) is 0 Å². The fraction of sp³-hybridized carbons (Fsp3) is 0.250. The highest BCUT2D eigenvalue weighted by atomic mass is 19.1. The number of anilines is 1. The molecule has 0 spiro atoms. The lowest BCUT2D eigenvalue weighted by atomic mass is 10.1. The standard InChI is InChI=1S/C16H14F2N2O3/c1-9-4-12(16(21)22)15(19-6-9)20-7-11(8-20)23-14-3-2-10(17)5-13(14)18/h2-6,11H,7-8H2,1H3,(H,21,22). The Kier molecular flexibility index (Phi) is 3.85. The Morgan fingerprint density at radius 1 is 1.35 bits per heavy atom. The molecule has 0 amide bonds. The van der Waals surface area contributed by atoms with E-state index < -0.39 is 17.6 Å². The van der Waals surface area contributed by atoms with Crippen molar-refractivity contribution in [2.45, 2.75) is 13.0 Å².